The molecule has 0 radical (unpaired) electrons. The number of aliphatic hydroxyl groups is 1. The summed E-state index contributed by atoms with van der Waals surface area (Å²) in [6.45, 7) is 2.04. The molecule has 1 heterocycles. The van der Waals surface area contributed by atoms with E-state index in [0.29, 0.717) is 17.7 Å². The number of Topliss-reactive ketones (excluding diaryl/α,β-unsaturated/α-hetero) is 1. The molecule has 0 saturated heterocycles. The molecule has 1 aliphatic heterocycles. The maximum Gasteiger partial charge on any atom is 0.307 e. The molecule has 0 saturated carbocycles. The van der Waals surface area contributed by atoms with Crippen LogP contribution in [-0.2, 0) is 33.6 Å². The summed E-state index contributed by atoms with van der Waals surface area (Å²) in [5.41, 5.74) is 3.99. The molecule has 6 heteroatoms. The van der Waals surface area contributed by atoms with Gasteiger partial charge in [-0.25, -0.2) is 0 Å². The van der Waals surface area contributed by atoms with Crippen LogP contribution in [0.5, 0.6) is 0 Å². The fourth-order valence-corrected chi connectivity index (χ4v) is 4.39. The number of carboxylic acid groups (broad SMARTS) is 1. The highest BCUT2D eigenvalue weighted by Crippen LogP contribution is 2.41. The van der Waals surface area contributed by atoms with E-state index in [1.54, 1.807) is 24.3 Å². The van der Waals surface area contributed by atoms with Crippen LogP contribution >= 0.6 is 0 Å². The highest BCUT2D eigenvalue weighted by Gasteiger charge is 2.44. The molecule has 1 atom stereocenters. The Labute approximate surface area is 204 Å². The Morgan fingerprint density at radius 2 is 1.49 bits per heavy atom. The zero-order valence-electron chi connectivity index (χ0n) is 19.5. The normalized spacial score (nSPS) is 15.5. The number of benzene rings is 3. The van der Waals surface area contributed by atoms with E-state index in [9.17, 15) is 19.5 Å². The number of aryl methyl sites for hydroxylation is 2. The van der Waals surface area contributed by atoms with Crippen LogP contribution in [0.15, 0.2) is 90.2 Å². The summed E-state index contributed by atoms with van der Waals surface area (Å²) in [5.74, 6) is -2.42. The van der Waals surface area contributed by atoms with Gasteiger partial charge in [0.05, 0.1) is 18.0 Å². The molecular formula is C29H27NO5. The number of ketones is 1. The van der Waals surface area contributed by atoms with Crippen molar-refractivity contribution in [1.29, 1.82) is 0 Å². The van der Waals surface area contributed by atoms with E-state index in [1.807, 2.05) is 61.5 Å². The fraction of sp³-hybridized carbons (Fsp3) is 0.207. The fourth-order valence-electron chi connectivity index (χ4n) is 4.39. The predicted octanol–water partition coefficient (Wildman–Crippen LogP) is 4.98. The van der Waals surface area contributed by atoms with Crippen molar-refractivity contribution >= 4 is 23.3 Å². The minimum Gasteiger partial charge on any atom is -0.503 e. The molecule has 0 spiro atoms. The van der Waals surface area contributed by atoms with E-state index in [2.05, 4.69) is 0 Å². The number of carbonyl (C=O) groups is 3. The number of aliphatic hydroxyl groups excluding tert-OH is 1. The van der Waals surface area contributed by atoms with Crippen LogP contribution in [0.1, 0.15) is 41.6 Å². The Morgan fingerprint density at radius 3 is 2.09 bits per heavy atom. The van der Waals surface area contributed by atoms with Crippen LogP contribution in [0.3, 0.4) is 0 Å². The lowest BCUT2D eigenvalue weighted by atomic mass is 9.92. The molecular weight excluding hydrogens is 442 g/mol. The molecule has 3 aromatic carbocycles. The third-order valence-electron chi connectivity index (χ3n) is 6.27. The Balaban J connectivity index is 1.70. The Morgan fingerprint density at radius 1 is 0.857 bits per heavy atom. The van der Waals surface area contributed by atoms with Gasteiger partial charge in [0.2, 0.25) is 0 Å². The van der Waals surface area contributed by atoms with Gasteiger partial charge in [0.15, 0.2) is 11.5 Å². The molecule has 2 N–H and O–H groups in total. The van der Waals surface area contributed by atoms with Gasteiger partial charge in [-0.1, -0.05) is 73.7 Å². The standard InChI is InChI=1S/C29H27NO5/c1-2-19-8-13-22(14-9-19)27-26(24(31)17-12-20-6-4-3-5-7-20)28(34)29(35)30(27)23-15-10-21(11-16-23)18-25(32)33/h3-11,13-16,27,34H,2,12,17-18H2,1H3,(H,32,33). The molecule has 0 fully saturated rings. The van der Waals surface area contributed by atoms with Gasteiger partial charge >= 0.3 is 5.97 Å². The van der Waals surface area contributed by atoms with Crippen LogP contribution < -0.4 is 4.90 Å². The smallest absolute Gasteiger partial charge is 0.307 e. The lowest BCUT2D eigenvalue weighted by Gasteiger charge is -2.27. The summed E-state index contributed by atoms with van der Waals surface area (Å²) in [5, 5.41) is 19.9. The second-order valence-electron chi connectivity index (χ2n) is 8.58. The number of anilines is 1. The number of amides is 1. The zero-order chi connectivity index (χ0) is 24.9. The largest absolute Gasteiger partial charge is 0.503 e. The zero-order valence-corrected chi connectivity index (χ0v) is 19.5. The van der Waals surface area contributed by atoms with Crippen LogP contribution in [0.4, 0.5) is 5.69 Å². The van der Waals surface area contributed by atoms with Crippen molar-refractivity contribution in [2.75, 3.05) is 4.90 Å². The number of hydrogen-bond donors (Lipinski definition) is 2. The molecule has 4 rings (SSSR count). The first-order valence-corrected chi connectivity index (χ1v) is 11.6. The Hall–Kier alpha value is -4.19. The third kappa shape index (κ3) is 5.17. The lowest BCUT2D eigenvalue weighted by molar-refractivity contribution is -0.136. The van der Waals surface area contributed by atoms with Crippen LogP contribution in [0.2, 0.25) is 0 Å². The summed E-state index contributed by atoms with van der Waals surface area (Å²) in [4.78, 5) is 39.1. The van der Waals surface area contributed by atoms with Gasteiger partial charge in [-0.05, 0) is 47.2 Å². The van der Waals surface area contributed by atoms with Crippen molar-refractivity contribution in [2.45, 2.75) is 38.6 Å². The summed E-state index contributed by atoms with van der Waals surface area (Å²) in [7, 11) is 0. The number of aliphatic carboxylic acids is 1. The van der Waals surface area contributed by atoms with Crippen molar-refractivity contribution in [3.05, 3.63) is 112 Å². The van der Waals surface area contributed by atoms with E-state index >= 15 is 0 Å². The van der Waals surface area contributed by atoms with Crippen molar-refractivity contribution < 1.29 is 24.6 Å². The molecule has 1 aliphatic rings. The average Bonchev–Trinajstić information content (AvgIpc) is 3.14. The van der Waals surface area contributed by atoms with Gasteiger partial charge in [0, 0.05) is 12.1 Å². The van der Waals surface area contributed by atoms with E-state index in [1.165, 1.54) is 4.90 Å². The number of carbonyl (C=O) groups excluding carboxylic acids is 2. The molecule has 6 nitrogen and oxygen atoms in total. The topological polar surface area (TPSA) is 94.9 Å². The number of carboxylic acids is 1. The summed E-state index contributed by atoms with van der Waals surface area (Å²) < 4.78 is 0. The van der Waals surface area contributed by atoms with Gasteiger partial charge in [-0.2, -0.15) is 0 Å². The maximum atomic E-state index is 13.4. The van der Waals surface area contributed by atoms with E-state index in [-0.39, 0.29) is 24.2 Å². The summed E-state index contributed by atoms with van der Waals surface area (Å²) in [6.07, 6.45) is 1.37. The van der Waals surface area contributed by atoms with Crippen molar-refractivity contribution in [3.8, 4) is 0 Å². The van der Waals surface area contributed by atoms with Crippen LogP contribution in [-0.4, -0.2) is 27.9 Å². The molecule has 0 aromatic heterocycles. The monoisotopic (exact) mass is 469 g/mol. The average molecular weight is 470 g/mol. The highest BCUT2D eigenvalue weighted by atomic mass is 16.4. The molecule has 178 valence electrons. The molecule has 35 heavy (non-hydrogen) atoms. The van der Waals surface area contributed by atoms with Gasteiger partial charge < -0.3 is 10.2 Å². The van der Waals surface area contributed by atoms with E-state index in [0.717, 1.165) is 23.1 Å². The summed E-state index contributed by atoms with van der Waals surface area (Å²) >= 11 is 0. The second-order valence-corrected chi connectivity index (χ2v) is 8.58. The molecule has 1 amide bonds. The lowest BCUT2D eigenvalue weighted by Crippen LogP contribution is -2.31. The van der Waals surface area contributed by atoms with E-state index < -0.39 is 23.7 Å². The van der Waals surface area contributed by atoms with Crippen molar-refractivity contribution in [2.24, 2.45) is 0 Å². The number of rotatable bonds is 9. The highest BCUT2D eigenvalue weighted by molar-refractivity contribution is 6.16. The first-order valence-electron chi connectivity index (χ1n) is 11.6. The number of nitrogens with zero attached hydrogens (tertiary/aromatic N) is 1. The van der Waals surface area contributed by atoms with Crippen molar-refractivity contribution in [3.63, 3.8) is 0 Å². The van der Waals surface area contributed by atoms with Gasteiger partial charge in [-0.3, -0.25) is 19.3 Å². The predicted molar refractivity (Wildman–Crippen MR) is 133 cm³/mol. The SMILES string of the molecule is CCc1ccc(C2C(C(=O)CCc3ccccc3)=C(O)C(=O)N2c2ccc(CC(=O)O)cc2)cc1. The first kappa shape index (κ1) is 24.0. The quantitative estimate of drug-likeness (QED) is 0.461. The molecule has 0 bridgehead atoms. The summed E-state index contributed by atoms with van der Waals surface area (Å²) in [6, 6.07) is 23.1. The van der Waals surface area contributed by atoms with Gasteiger partial charge in [0.1, 0.15) is 0 Å². The molecule has 3 aromatic rings. The van der Waals surface area contributed by atoms with E-state index in [4.69, 9.17) is 5.11 Å². The Bertz CT molecular complexity index is 1260. The van der Waals surface area contributed by atoms with Gasteiger partial charge in [0.25, 0.3) is 5.91 Å². The molecule has 1 unspecified atom stereocenters. The van der Waals surface area contributed by atoms with Crippen LogP contribution in [0.25, 0.3) is 0 Å². The van der Waals surface area contributed by atoms with Crippen molar-refractivity contribution in [1.82, 2.24) is 0 Å². The minimum atomic E-state index is -0.950. The minimum absolute atomic E-state index is 0.0878. The second kappa shape index (κ2) is 10.4. The third-order valence-corrected chi connectivity index (χ3v) is 6.27. The first-order chi connectivity index (χ1) is 16.9. The number of hydrogen-bond acceptors (Lipinski definition) is 4. The van der Waals surface area contributed by atoms with Crippen LogP contribution in [0, 0.1) is 0 Å². The van der Waals surface area contributed by atoms with Gasteiger partial charge in [-0.15, -0.1) is 0 Å². The maximum absolute atomic E-state index is 13.4. The Kier molecular flexibility index (Phi) is 7.11. The molecule has 0 aliphatic carbocycles.